The molecule has 0 saturated carbocycles. The van der Waals surface area contributed by atoms with E-state index in [0.717, 1.165) is 24.5 Å². The number of para-hydroxylation sites is 1. The zero-order valence-corrected chi connectivity index (χ0v) is 16.3. The van der Waals surface area contributed by atoms with Crippen molar-refractivity contribution in [2.45, 2.75) is 0 Å². The Hall–Kier alpha value is -3.61. The molecule has 1 aliphatic heterocycles. The Morgan fingerprint density at radius 3 is 2.45 bits per heavy atom. The fourth-order valence-electron chi connectivity index (χ4n) is 3.32. The van der Waals surface area contributed by atoms with E-state index in [9.17, 15) is 4.79 Å². The molecule has 0 spiro atoms. The van der Waals surface area contributed by atoms with E-state index in [1.807, 2.05) is 47.4 Å². The minimum atomic E-state index is -0.0851. The predicted octanol–water partition coefficient (Wildman–Crippen LogP) is 3.19. The Balaban J connectivity index is 1.36. The molecule has 1 fully saturated rings. The van der Waals surface area contributed by atoms with Crippen molar-refractivity contribution in [1.29, 1.82) is 0 Å². The fourth-order valence-corrected chi connectivity index (χ4v) is 3.32. The lowest BCUT2D eigenvalue weighted by Crippen LogP contribution is -2.49. The van der Waals surface area contributed by atoms with Crippen molar-refractivity contribution < 1.29 is 9.53 Å². The van der Waals surface area contributed by atoms with Gasteiger partial charge in [-0.15, -0.1) is 0 Å². The van der Waals surface area contributed by atoms with Crippen molar-refractivity contribution in [2.75, 3.05) is 43.5 Å². The maximum atomic E-state index is 12.8. The third-order valence-electron chi connectivity index (χ3n) is 4.90. The van der Waals surface area contributed by atoms with E-state index in [1.165, 1.54) is 11.9 Å². The van der Waals surface area contributed by atoms with Crippen molar-refractivity contribution in [1.82, 2.24) is 14.9 Å². The molecule has 7 nitrogen and oxygen atoms in total. The molecular weight excluding hydrogens is 366 g/mol. The molecule has 148 valence electrons. The Labute approximate surface area is 170 Å². The lowest BCUT2D eigenvalue weighted by molar-refractivity contribution is 0.0740. The Morgan fingerprint density at radius 1 is 0.966 bits per heavy atom. The molecule has 3 aromatic rings. The maximum Gasteiger partial charge on any atom is 0.274 e. The number of piperazine rings is 1. The first kappa shape index (κ1) is 18.7. The standard InChI is InChI=1S/C22H23N5O2/c1-29-19-9-5-6-17(14-19)25-21-16-23-20(15-24-21)22(28)27-12-10-26(11-13-27)18-7-3-2-4-8-18/h2-9,14-16H,10-13H2,1H3,(H,24,25). The van der Waals surface area contributed by atoms with Crippen LogP contribution in [0.2, 0.25) is 0 Å². The van der Waals surface area contributed by atoms with Crippen molar-refractivity contribution >= 4 is 23.1 Å². The Kier molecular flexibility index (Phi) is 5.56. The maximum absolute atomic E-state index is 12.8. The number of benzene rings is 2. The lowest BCUT2D eigenvalue weighted by atomic mass is 10.2. The highest BCUT2D eigenvalue weighted by molar-refractivity contribution is 5.92. The molecule has 1 amide bonds. The number of ether oxygens (including phenoxy) is 1. The minimum Gasteiger partial charge on any atom is -0.497 e. The quantitative estimate of drug-likeness (QED) is 0.723. The van der Waals surface area contributed by atoms with Gasteiger partial charge in [0.15, 0.2) is 0 Å². The van der Waals surface area contributed by atoms with Crippen LogP contribution in [0.15, 0.2) is 67.0 Å². The third kappa shape index (κ3) is 4.45. The molecule has 0 bridgehead atoms. The summed E-state index contributed by atoms with van der Waals surface area (Å²) in [6.07, 6.45) is 3.10. The number of methoxy groups -OCH3 is 1. The van der Waals surface area contributed by atoms with Gasteiger partial charge in [0.05, 0.1) is 19.5 Å². The van der Waals surface area contributed by atoms with Crippen LogP contribution >= 0.6 is 0 Å². The lowest BCUT2D eigenvalue weighted by Gasteiger charge is -2.35. The monoisotopic (exact) mass is 389 g/mol. The second kappa shape index (κ2) is 8.60. The molecule has 1 saturated heterocycles. The fraction of sp³-hybridized carbons (Fsp3) is 0.227. The molecule has 0 unspecified atom stereocenters. The van der Waals surface area contributed by atoms with Gasteiger partial charge in [-0.1, -0.05) is 24.3 Å². The highest BCUT2D eigenvalue weighted by atomic mass is 16.5. The molecule has 1 aromatic heterocycles. The second-order valence-electron chi connectivity index (χ2n) is 6.76. The first-order valence-electron chi connectivity index (χ1n) is 9.55. The van der Waals surface area contributed by atoms with Crippen LogP contribution < -0.4 is 15.0 Å². The summed E-state index contributed by atoms with van der Waals surface area (Å²) in [5, 5.41) is 3.16. The van der Waals surface area contributed by atoms with Gasteiger partial charge in [0.1, 0.15) is 17.3 Å². The number of carbonyl (C=O) groups is 1. The zero-order chi connectivity index (χ0) is 20.1. The Bertz CT molecular complexity index is 954. The predicted molar refractivity (Wildman–Crippen MR) is 113 cm³/mol. The van der Waals surface area contributed by atoms with Crippen molar-refractivity contribution in [3.8, 4) is 5.75 Å². The molecule has 1 aliphatic rings. The van der Waals surface area contributed by atoms with Crippen LogP contribution in [-0.4, -0.2) is 54.1 Å². The molecule has 29 heavy (non-hydrogen) atoms. The van der Waals surface area contributed by atoms with Crippen LogP contribution in [0.25, 0.3) is 0 Å². The molecule has 0 radical (unpaired) electrons. The molecule has 0 atom stereocenters. The molecule has 4 rings (SSSR count). The van der Waals surface area contributed by atoms with Crippen LogP contribution in [-0.2, 0) is 0 Å². The van der Waals surface area contributed by atoms with Gasteiger partial charge >= 0.3 is 0 Å². The van der Waals surface area contributed by atoms with E-state index in [2.05, 4.69) is 32.3 Å². The smallest absolute Gasteiger partial charge is 0.274 e. The molecule has 2 aromatic carbocycles. The van der Waals surface area contributed by atoms with Crippen LogP contribution in [0.5, 0.6) is 5.75 Å². The normalized spacial score (nSPS) is 13.8. The average Bonchev–Trinajstić information content (AvgIpc) is 2.80. The number of nitrogens with zero attached hydrogens (tertiary/aromatic N) is 4. The minimum absolute atomic E-state index is 0.0851. The van der Waals surface area contributed by atoms with Crippen LogP contribution in [0.4, 0.5) is 17.2 Å². The van der Waals surface area contributed by atoms with Gasteiger partial charge < -0.3 is 19.9 Å². The van der Waals surface area contributed by atoms with Gasteiger partial charge in [0, 0.05) is 43.6 Å². The third-order valence-corrected chi connectivity index (χ3v) is 4.90. The zero-order valence-electron chi connectivity index (χ0n) is 16.3. The SMILES string of the molecule is COc1cccc(Nc2cnc(C(=O)N3CCN(c4ccccc4)CC3)cn2)c1. The second-order valence-corrected chi connectivity index (χ2v) is 6.76. The van der Waals surface area contributed by atoms with E-state index < -0.39 is 0 Å². The van der Waals surface area contributed by atoms with Crippen molar-refractivity contribution in [3.63, 3.8) is 0 Å². The van der Waals surface area contributed by atoms with Gasteiger partial charge in [0.25, 0.3) is 5.91 Å². The number of carbonyl (C=O) groups excluding carboxylic acids is 1. The van der Waals surface area contributed by atoms with Gasteiger partial charge in [-0.05, 0) is 24.3 Å². The Morgan fingerprint density at radius 2 is 1.76 bits per heavy atom. The van der Waals surface area contributed by atoms with Gasteiger partial charge in [-0.3, -0.25) is 4.79 Å². The first-order chi connectivity index (χ1) is 14.2. The van der Waals surface area contributed by atoms with Crippen LogP contribution in [0, 0.1) is 0 Å². The number of hydrogen-bond acceptors (Lipinski definition) is 6. The summed E-state index contributed by atoms with van der Waals surface area (Å²) in [6, 6.07) is 17.8. The highest BCUT2D eigenvalue weighted by Gasteiger charge is 2.23. The highest BCUT2D eigenvalue weighted by Crippen LogP contribution is 2.20. The van der Waals surface area contributed by atoms with Gasteiger partial charge in [-0.2, -0.15) is 0 Å². The molecule has 2 heterocycles. The molecular formula is C22H23N5O2. The van der Waals surface area contributed by atoms with Crippen LogP contribution in [0.1, 0.15) is 10.5 Å². The largest absolute Gasteiger partial charge is 0.497 e. The summed E-state index contributed by atoms with van der Waals surface area (Å²) in [6.45, 7) is 2.94. The number of hydrogen-bond donors (Lipinski definition) is 1. The van der Waals surface area contributed by atoms with Crippen LogP contribution in [0.3, 0.4) is 0 Å². The van der Waals surface area contributed by atoms with E-state index in [0.29, 0.717) is 24.6 Å². The molecule has 1 N–H and O–H groups in total. The number of aromatic nitrogens is 2. The summed E-state index contributed by atoms with van der Waals surface area (Å²) in [5.41, 5.74) is 2.39. The number of amides is 1. The van der Waals surface area contributed by atoms with E-state index in [1.54, 1.807) is 13.3 Å². The van der Waals surface area contributed by atoms with E-state index >= 15 is 0 Å². The van der Waals surface area contributed by atoms with Gasteiger partial charge in [-0.25, -0.2) is 9.97 Å². The van der Waals surface area contributed by atoms with E-state index in [-0.39, 0.29) is 5.91 Å². The summed E-state index contributed by atoms with van der Waals surface area (Å²) in [5.74, 6) is 1.24. The summed E-state index contributed by atoms with van der Waals surface area (Å²) in [4.78, 5) is 25.5. The molecule has 7 heteroatoms. The van der Waals surface area contributed by atoms with Crippen molar-refractivity contribution in [3.05, 3.63) is 72.7 Å². The summed E-state index contributed by atoms with van der Waals surface area (Å²) >= 11 is 0. The summed E-state index contributed by atoms with van der Waals surface area (Å²) < 4.78 is 5.22. The first-order valence-corrected chi connectivity index (χ1v) is 9.55. The number of anilines is 3. The van der Waals surface area contributed by atoms with Crippen molar-refractivity contribution in [2.24, 2.45) is 0 Å². The topological polar surface area (TPSA) is 70.6 Å². The number of nitrogens with one attached hydrogen (secondary N) is 1. The van der Waals surface area contributed by atoms with E-state index in [4.69, 9.17) is 4.74 Å². The number of rotatable bonds is 5. The summed E-state index contributed by atoms with van der Waals surface area (Å²) in [7, 11) is 1.62. The van der Waals surface area contributed by atoms with Gasteiger partial charge in [0.2, 0.25) is 0 Å². The average molecular weight is 389 g/mol. The molecule has 0 aliphatic carbocycles.